The normalized spacial score (nSPS) is 11.7. The van der Waals surface area contributed by atoms with Crippen molar-refractivity contribution >= 4 is 38.3 Å². The van der Waals surface area contributed by atoms with Gasteiger partial charge in [-0.05, 0) is 42.8 Å². The first-order valence-corrected chi connectivity index (χ1v) is 8.22. The number of aromatic amines is 2. The summed E-state index contributed by atoms with van der Waals surface area (Å²) in [6.07, 6.45) is 0. The summed E-state index contributed by atoms with van der Waals surface area (Å²) in [5.41, 5.74) is 1.50. The van der Waals surface area contributed by atoms with Gasteiger partial charge in [0, 0.05) is 5.02 Å². The summed E-state index contributed by atoms with van der Waals surface area (Å²) in [5, 5.41) is 0.433. The van der Waals surface area contributed by atoms with Gasteiger partial charge in [-0.15, -0.1) is 0 Å². The van der Waals surface area contributed by atoms with Gasteiger partial charge in [0.15, 0.2) is 0 Å². The maximum absolute atomic E-state index is 12.5. The summed E-state index contributed by atoms with van der Waals surface area (Å²) in [6.45, 7) is 1.66. The lowest BCUT2D eigenvalue weighted by Crippen LogP contribution is -2.14. The smallest absolute Gasteiger partial charge is 0.306 e. The summed E-state index contributed by atoms with van der Waals surface area (Å²) in [7, 11) is -3.79. The molecule has 3 aromatic rings. The van der Waals surface area contributed by atoms with E-state index >= 15 is 0 Å². The number of sulfonamides is 1. The zero-order chi connectivity index (χ0) is 15.9. The van der Waals surface area contributed by atoms with Gasteiger partial charge in [-0.25, -0.2) is 13.2 Å². The van der Waals surface area contributed by atoms with Crippen LogP contribution in [0.25, 0.3) is 11.0 Å². The average Bonchev–Trinajstić information content (AvgIpc) is 2.76. The minimum absolute atomic E-state index is 0.0928. The third kappa shape index (κ3) is 2.72. The number of fused-ring (bicyclic) bond motifs is 1. The maximum atomic E-state index is 12.5. The van der Waals surface area contributed by atoms with Gasteiger partial charge in [0.2, 0.25) is 0 Å². The van der Waals surface area contributed by atoms with Crippen molar-refractivity contribution in [3.05, 3.63) is 57.5 Å². The van der Waals surface area contributed by atoms with Crippen molar-refractivity contribution in [2.45, 2.75) is 11.8 Å². The van der Waals surface area contributed by atoms with Gasteiger partial charge < -0.3 is 9.97 Å². The van der Waals surface area contributed by atoms with Gasteiger partial charge in [-0.2, -0.15) is 0 Å². The van der Waals surface area contributed by atoms with E-state index in [4.69, 9.17) is 11.6 Å². The van der Waals surface area contributed by atoms with Crippen molar-refractivity contribution in [3.63, 3.8) is 0 Å². The number of benzene rings is 2. The first kappa shape index (κ1) is 14.7. The molecule has 0 bridgehead atoms. The number of imidazole rings is 1. The van der Waals surface area contributed by atoms with Crippen LogP contribution in [0.2, 0.25) is 5.02 Å². The molecule has 3 rings (SSSR count). The quantitative estimate of drug-likeness (QED) is 0.685. The Balaban J connectivity index is 2.08. The largest absolute Gasteiger partial charge is 0.323 e. The van der Waals surface area contributed by atoms with Crippen molar-refractivity contribution in [3.8, 4) is 0 Å². The van der Waals surface area contributed by atoms with Crippen molar-refractivity contribution in [1.82, 2.24) is 9.97 Å². The number of aromatic nitrogens is 2. The Hall–Kier alpha value is -2.25. The maximum Gasteiger partial charge on any atom is 0.323 e. The highest BCUT2D eigenvalue weighted by atomic mass is 35.5. The zero-order valence-corrected chi connectivity index (χ0v) is 13.0. The summed E-state index contributed by atoms with van der Waals surface area (Å²) >= 11 is 5.85. The van der Waals surface area contributed by atoms with Gasteiger partial charge in [-0.1, -0.05) is 17.7 Å². The van der Waals surface area contributed by atoms with E-state index in [9.17, 15) is 13.2 Å². The molecule has 1 heterocycles. The van der Waals surface area contributed by atoms with Gasteiger partial charge in [0.1, 0.15) is 0 Å². The van der Waals surface area contributed by atoms with Crippen LogP contribution in [0.1, 0.15) is 5.56 Å². The van der Waals surface area contributed by atoms with Crippen LogP contribution in [0.4, 0.5) is 5.69 Å². The Morgan fingerprint density at radius 2 is 1.77 bits per heavy atom. The molecule has 114 valence electrons. The second-order valence-corrected chi connectivity index (χ2v) is 6.95. The van der Waals surface area contributed by atoms with Crippen LogP contribution in [0.5, 0.6) is 0 Å². The van der Waals surface area contributed by atoms with Crippen LogP contribution in [0.15, 0.2) is 46.1 Å². The van der Waals surface area contributed by atoms with Gasteiger partial charge in [0.05, 0.1) is 21.6 Å². The monoisotopic (exact) mass is 337 g/mol. The molecule has 0 saturated carbocycles. The molecular weight excluding hydrogens is 326 g/mol. The van der Waals surface area contributed by atoms with Crippen LogP contribution in [0, 0.1) is 6.92 Å². The predicted molar refractivity (Wildman–Crippen MR) is 85.9 cm³/mol. The van der Waals surface area contributed by atoms with Crippen molar-refractivity contribution < 1.29 is 8.42 Å². The van der Waals surface area contributed by atoms with E-state index in [-0.39, 0.29) is 10.6 Å². The number of aryl methyl sites for hydroxylation is 1. The van der Waals surface area contributed by atoms with Crippen LogP contribution >= 0.6 is 11.6 Å². The Morgan fingerprint density at radius 3 is 2.45 bits per heavy atom. The number of rotatable bonds is 3. The highest BCUT2D eigenvalue weighted by molar-refractivity contribution is 7.92. The fourth-order valence-corrected chi connectivity index (χ4v) is 3.72. The average molecular weight is 338 g/mol. The lowest BCUT2D eigenvalue weighted by molar-refractivity contribution is 0.601. The highest BCUT2D eigenvalue weighted by Gasteiger charge is 2.18. The van der Waals surface area contributed by atoms with E-state index in [1.54, 1.807) is 31.2 Å². The van der Waals surface area contributed by atoms with Gasteiger partial charge in [-0.3, -0.25) is 4.72 Å². The third-order valence-corrected chi connectivity index (χ3v) is 4.94. The van der Waals surface area contributed by atoms with Crippen LogP contribution in [-0.2, 0) is 10.0 Å². The minimum atomic E-state index is -3.79. The molecule has 6 nitrogen and oxygen atoms in total. The molecule has 8 heteroatoms. The van der Waals surface area contributed by atoms with E-state index in [0.717, 1.165) is 0 Å². The van der Waals surface area contributed by atoms with Gasteiger partial charge in [0.25, 0.3) is 10.0 Å². The molecule has 0 fully saturated rings. The lowest BCUT2D eigenvalue weighted by Gasteiger charge is -2.10. The number of halogens is 1. The number of hydrogen-bond donors (Lipinski definition) is 3. The predicted octanol–water partition coefficient (Wildman–Crippen LogP) is 2.62. The van der Waals surface area contributed by atoms with Crippen molar-refractivity contribution in [1.29, 1.82) is 0 Å². The Kier molecular flexibility index (Phi) is 3.46. The summed E-state index contributed by atoms with van der Waals surface area (Å²) < 4.78 is 27.5. The minimum Gasteiger partial charge on any atom is -0.306 e. The van der Waals surface area contributed by atoms with Gasteiger partial charge >= 0.3 is 5.69 Å². The molecule has 1 aromatic heterocycles. The molecule has 0 aliphatic carbocycles. The molecule has 0 atom stereocenters. The van der Waals surface area contributed by atoms with Crippen LogP contribution in [0.3, 0.4) is 0 Å². The molecule has 0 aliphatic rings. The fraction of sp³-hybridized carbons (Fsp3) is 0.0714. The molecule has 0 spiro atoms. The molecule has 2 aromatic carbocycles. The Morgan fingerprint density at radius 1 is 1.09 bits per heavy atom. The summed E-state index contributed by atoms with van der Waals surface area (Å²) in [6, 6.07) is 9.47. The van der Waals surface area contributed by atoms with E-state index < -0.39 is 10.0 Å². The fourth-order valence-electron chi connectivity index (χ4n) is 2.22. The lowest BCUT2D eigenvalue weighted by atomic mass is 10.2. The van der Waals surface area contributed by atoms with Crippen LogP contribution in [-0.4, -0.2) is 18.4 Å². The number of hydrogen-bond acceptors (Lipinski definition) is 3. The highest BCUT2D eigenvalue weighted by Crippen LogP contribution is 2.24. The summed E-state index contributed by atoms with van der Waals surface area (Å²) in [5.74, 6) is 0. The zero-order valence-electron chi connectivity index (χ0n) is 11.5. The third-order valence-electron chi connectivity index (χ3n) is 3.18. The van der Waals surface area contributed by atoms with E-state index in [1.165, 1.54) is 12.1 Å². The Labute approximate surface area is 131 Å². The molecule has 0 amide bonds. The number of H-pyrrole nitrogens is 2. The SMILES string of the molecule is Cc1cc2[nH]c(=O)[nH]c2cc1S(=O)(=O)Nc1cccc(Cl)c1. The summed E-state index contributed by atoms with van der Waals surface area (Å²) in [4.78, 5) is 16.5. The molecule has 0 saturated heterocycles. The van der Waals surface area contributed by atoms with Crippen LogP contribution < -0.4 is 10.4 Å². The van der Waals surface area contributed by atoms with E-state index in [1.807, 2.05) is 0 Å². The second-order valence-electron chi connectivity index (χ2n) is 4.86. The topological polar surface area (TPSA) is 94.8 Å². The first-order chi connectivity index (χ1) is 10.3. The molecule has 0 unspecified atom stereocenters. The molecule has 0 aliphatic heterocycles. The Bertz CT molecular complexity index is 1020. The van der Waals surface area contributed by atoms with E-state index in [2.05, 4.69) is 14.7 Å². The number of anilines is 1. The number of nitrogens with one attached hydrogen (secondary N) is 3. The van der Waals surface area contributed by atoms with Crippen molar-refractivity contribution in [2.24, 2.45) is 0 Å². The second kappa shape index (κ2) is 5.19. The molecule has 0 radical (unpaired) electrons. The molecule has 22 heavy (non-hydrogen) atoms. The first-order valence-electron chi connectivity index (χ1n) is 6.36. The van der Waals surface area contributed by atoms with E-state index in [0.29, 0.717) is 27.3 Å². The molecular formula is C14H12ClN3O3S. The standard InChI is InChI=1S/C14H12ClN3O3S/c1-8-5-11-12(17-14(19)16-11)7-13(8)22(20,21)18-10-4-2-3-9(15)6-10/h2-7,18H,1H3,(H2,16,17,19). The van der Waals surface area contributed by atoms with Crippen molar-refractivity contribution in [2.75, 3.05) is 4.72 Å². The molecule has 3 N–H and O–H groups in total.